The van der Waals surface area contributed by atoms with Gasteiger partial charge in [-0.05, 0) is 12.8 Å². The van der Waals surface area contributed by atoms with Gasteiger partial charge < -0.3 is 14.1 Å². The number of ether oxygens (including phenoxy) is 1. The molecule has 2 unspecified atom stereocenters. The molecule has 0 rings (SSSR count). The van der Waals surface area contributed by atoms with Crippen molar-refractivity contribution in [3.05, 3.63) is 0 Å². The first-order chi connectivity index (χ1) is 15.1. The second-order valence-corrected chi connectivity index (χ2v) is 11.2. The fourth-order valence-electron chi connectivity index (χ4n) is 3.49. The maximum absolute atomic E-state index is 12.4. The molecule has 0 bridgehead atoms. The number of hydrogen-bond donors (Lipinski definition) is 1. The highest BCUT2D eigenvalue weighted by Gasteiger charge is 2.23. The van der Waals surface area contributed by atoms with Crippen LogP contribution < -0.4 is 0 Å². The van der Waals surface area contributed by atoms with Gasteiger partial charge in [0.15, 0.2) is 0 Å². The van der Waals surface area contributed by atoms with Crippen molar-refractivity contribution in [2.75, 3.05) is 47.5 Å². The van der Waals surface area contributed by atoms with E-state index in [0.717, 1.165) is 32.1 Å². The van der Waals surface area contributed by atoms with Crippen molar-refractivity contribution in [1.29, 1.82) is 0 Å². The first-order valence-electron chi connectivity index (χ1n) is 12.7. The Bertz CT molecular complexity index is 509. The number of hydrogen-bond acceptors (Lipinski definition) is 5. The highest BCUT2D eigenvalue weighted by Crippen LogP contribution is 2.42. The molecule has 0 heterocycles. The predicted molar refractivity (Wildman–Crippen MR) is 130 cm³/mol. The van der Waals surface area contributed by atoms with Gasteiger partial charge in [0, 0.05) is 0 Å². The highest BCUT2D eigenvalue weighted by molar-refractivity contribution is 7.47. The van der Waals surface area contributed by atoms with Gasteiger partial charge in [-0.25, -0.2) is 4.57 Å². The molecule has 192 valence electrons. The lowest BCUT2D eigenvalue weighted by atomic mass is 9.96. The largest absolute Gasteiger partial charge is 0.472 e. The molecule has 0 aromatic heterocycles. The summed E-state index contributed by atoms with van der Waals surface area (Å²) in [5, 5.41) is 0. The maximum atomic E-state index is 12.4. The standard InChI is InChI=1S/C24H50NO6P/c1-6-8-9-10-11-12-13-14-15-16-18-23(17-7-2)24(26)29-21-22-31-32(27,28)30-20-19-25(3,4)5/h23H,6-22H2,1-5H3/p+1. The Balaban J connectivity index is 3.94. The number of phosphoric acid groups is 1. The molecular weight excluding hydrogens is 429 g/mol. The van der Waals surface area contributed by atoms with Crippen LogP contribution in [0.25, 0.3) is 0 Å². The van der Waals surface area contributed by atoms with E-state index < -0.39 is 7.82 Å². The fraction of sp³-hybridized carbons (Fsp3) is 0.958. The molecule has 32 heavy (non-hydrogen) atoms. The second-order valence-electron chi connectivity index (χ2n) is 9.77. The minimum absolute atomic E-state index is 0.0413. The molecule has 0 saturated heterocycles. The number of carbonyl (C=O) groups excluding carboxylic acids is 1. The number of likely N-dealkylation sites (N-methyl/N-ethyl adjacent to an activating group) is 1. The normalized spacial score (nSPS) is 14.8. The average Bonchev–Trinajstić information content (AvgIpc) is 2.70. The fourth-order valence-corrected chi connectivity index (χ4v) is 4.18. The van der Waals surface area contributed by atoms with Crippen LogP contribution in [0.2, 0.25) is 0 Å². The molecule has 0 aliphatic heterocycles. The Morgan fingerprint density at radius 3 is 1.84 bits per heavy atom. The SMILES string of the molecule is CCCCCCCCCCCCC(CCC)C(=O)OCCOP(=O)(O)OCC[N+](C)(C)C. The van der Waals surface area contributed by atoms with Crippen LogP contribution >= 0.6 is 7.82 Å². The minimum atomic E-state index is -4.12. The van der Waals surface area contributed by atoms with Crippen molar-refractivity contribution < 1.29 is 32.5 Å². The first kappa shape index (κ1) is 31.5. The molecule has 0 amide bonds. The Hall–Kier alpha value is -0.460. The summed E-state index contributed by atoms with van der Waals surface area (Å²) >= 11 is 0. The molecule has 8 heteroatoms. The molecule has 1 N–H and O–H groups in total. The lowest BCUT2D eigenvalue weighted by Crippen LogP contribution is -2.37. The lowest BCUT2D eigenvalue weighted by Gasteiger charge is -2.24. The van der Waals surface area contributed by atoms with Gasteiger partial charge in [-0.15, -0.1) is 0 Å². The highest BCUT2D eigenvalue weighted by atomic mass is 31.2. The zero-order valence-corrected chi connectivity index (χ0v) is 22.4. The number of phosphoric ester groups is 1. The maximum Gasteiger partial charge on any atom is 0.472 e. The van der Waals surface area contributed by atoms with E-state index in [4.69, 9.17) is 13.8 Å². The van der Waals surface area contributed by atoms with E-state index in [9.17, 15) is 14.3 Å². The van der Waals surface area contributed by atoms with E-state index in [1.54, 1.807) is 0 Å². The van der Waals surface area contributed by atoms with E-state index >= 15 is 0 Å². The summed E-state index contributed by atoms with van der Waals surface area (Å²) in [6.45, 7) is 4.82. The molecule has 0 aromatic carbocycles. The Kier molecular flexibility index (Phi) is 18.6. The summed E-state index contributed by atoms with van der Waals surface area (Å²) in [4.78, 5) is 22.1. The van der Waals surface area contributed by atoms with E-state index in [1.807, 2.05) is 21.1 Å². The van der Waals surface area contributed by atoms with Gasteiger partial charge in [0.2, 0.25) is 0 Å². The van der Waals surface area contributed by atoms with Gasteiger partial charge in [0.25, 0.3) is 0 Å². The van der Waals surface area contributed by atoms with Crippen molar-refractivity contribution in [3.63, 3.8) is 0 Å². The third-order valence-corrected chi connectivity index (χ3v) is 6.49. The molecule has 0 aromatic rings. The van der Waals surface area contributed by atoms with Crippen molar-refractivity contribution in [2.45, 2.75) is 97.3 Å². The van der Waals surface area contributed by atoms with Crippen LogP contribution in [-0.4, -0.2) is 62.9 Å². The van der Waals surface area contributed by atoms with Crippen LogP contribution in [0.5, 0.6) is 0 Å². The van der Waals surface area contributed by atoms with Crippen LogP contribution in [-0.2, 0) is 23.1 Å². The van der Waals surface area contributed by atoms with Crippen molar-refractivity contribution in [3.8, 4) is 0 Å². The van der Waals surface area contributed by atoms with Crippen LogP contribution in [0.4, 0.5) is 0 Å². The number of carbonyl (C=O) groups is 1. The second kappa shape index (κ2) is 18.9. The third-order valence-electron chi connectivity index (χ3n) is 5.48. The van der Waals surface area contributed by atoms with Gasteiger partial charge in [0.05, 0.1) is 33.7 Å². The molecule has 0 saturated carbocycles. The monoisotopic (exact) mass is 480 g/mol. The van der Waals surface area contributed by atoms with Gasteiger partial charge in [0.1, 0.15) is 19.8 Å². The molecule has 0 fully saturated rings. The summed E-state index contributed by atoms with van der Waals surface area (Å²) in [6, 6.07) is 0. The number of quaternary nitrogens is 1. The van der Waals surface area contributed by atoms with Crippen LogP contribution in [0.1, 0.15) is 97.3 Å². The number of nitrogens with zero attached hydrogens (tertiary/aromatic N) is 1. The third kappa shape index (κ3) is 20.2. The molecule has 0 aliphatic rings. The smallest absolute Gasteiger partial charge is 0.463 e. The van der Waals surface area contributed by atoms with Gasteiger partial charge in [-0.2, -0.15) is 0 Å². The average molecular weight is 481 g/mol. The summed E-state index contributed by atoms with van der Waals surface area (Å²) in [5.74, 6) is -0.333. The van der Waals surface area contributed by atoms with Gasteiger partial charge >= 0.3 is 13.8 Å². The lowest BCUT2D eigenvalue weighted by molar-refractivity contribution is -0.870. The summed E-state index contributed by atoms with van der Waals surface area (Å²) in [6.07, 6.45) is 15.3. The zero-order chi connectivity index (χ0) is 24.3. The minimum Gasteiger partial charge on any atom is -0.463 e. The summed E-state index contributed by atoms with van der Waals surface area (Å²) < 4.78 is 27.6. The van der Waals surface area contributed by atoms with E-state index in [-0.39, 0.29) is 31.7 Å². The van der Waals surface area contributed by atoms with Gasteiger partial charge in [-0.3, -0.25) is 13.8 Å². The molecule has 2 atom stereocenters. The Morgan fingerprint density at radius 2 is 1.31 bits per heavy atom. The topological polar surface area (TPSA) is 82.1 Å². The summed E-state index contributed by atoms with van der Waals surface area (Å²) in [7, 11) is 1.78. The van der Waals surface area contributed by atoms with Crippen molar-refractivity contribution in [2.24, 2.45) is 5.92 Å². The van der Waals surface area contributed by atoms with Crippen molar-refractivity contribution >= 4 is 13.8 Å². The van der Waals surface area contributed by atoms with Crippen molar-refractivity contribution in [1.82, 2.24) is 0 Å². The Morgan fingerprint density at radius 1 is 0.781 bits per heavy atom. The molecule has 7 nitrogen and oxygen atoms in total. The molecular formula is C24H51NO6P+. The quantitative estimate of drug-likeness (QED) is 0.0873. The van der Waals surface area contributed by atoms with Gasteiger partial charge in [-0.1, -0.05) is 84.5 Å². The first-order valence-corrected chi connectivity index (χ1v) is 14.2. The van der Waals surface area contributed by atoms with Crippen LogP contribution in [0, 0.1) is 5.92 Å². The van der Waals surface area contributed by atoms with E-state index in [2.05, 4.69) is 13.8 Å². The summed E-state index contributed by atoms with van der Waals surface area (Å²) in [5.41, 5.74) is 0. The van der Waals surface area contributed by atoms with Crippen LogP contribution in [0.3, 0.4) is 0 Å². The molecule has 0 radical (unpaired) electrons. The Labute approximate surface area is 197 Å². The zero-order valence-electron chi connectivity index (χ0n) is 21.5. The predicted octanol–water partition coefficient (Wildman–Crippen LogP) is 6.10. The van der Waals surface area contributed by atoms with Crippen LogP contribution in [0.15, 0.2) is 0 Å². The number of esters is 1. The molecule has 0 spiro atoms. The van der Waals surface area contributed by atoms with E-state index in [0.29, 0.717) is 11.0 Å². The number of rotatable bonds is 22. The number of unbranched alkanes of at least 4 members (excludes halogenated alkanes) is 9. The molecule has 0 aliphatic carbocycles. The van der Waals surface area contributed by atoms with E-state index in [1.165, 1.54) is 51.4 Å².